The maximum atomic E-state index is 13.0. The van der Waals surface area contributed by atoms with Gasteiger partial charge in [-0.3, -0.25) is 0 Å². The van der Waals surface area contributed by atoms with Crippen LogP contribution in [-0.2, 0) is 17.4 Å². The molecule has 4 aromatic rings. The summed E-state index contributed by atoms with van der Waals surface area (Å²) >= 11 is 0. The molecule has 0 saturated carbocycles. The fourth-order valence-electron chi connectivity index (χ4n) is 4.03. The minimum absolute atomic E-state index is 0.0385. The van der Waals surface area contributed by atoms with Crippen LogP contribution in [0.15, 0.2) is 77.3 Å². The van der Waals surface area contributed by atoms with Gasteiger partial charge in [-0.2, -0.15) is 13.2 Å². The molecule has 5 nitrogen and oxygen atoms in total. The summed E-state index contributed by atoms with van der Waals surface area (Å²) in [4.78, 5) is 10.6. The highest BCUT2D eigenvalue weighted by atomic mass is 19.4. The number of aromatic nitrogens is 1. The number of anilines is 1. The summed E-state index contributed by atoms with van der Waals surface area (Å²) in [5.74, 6) is 4.09. The third-order valence-electron chi connectivity index (χ3n) is 6.05. The third-order valence-corrected chi connectivity index (χ3v) is 6.05. The molecule has 194 valence electrons. The van der Waals surface area contributed by atoms with Gasteiger partial charge in [0.25, 0.3) is 0 Å². The van der Waals surface area contributed by atoms with Crippen LogP contribution in [0.5, 0.6) is 0 Å². The quantitative estimate of drug-likeness (QED) is 0.253. The Labute approximate surface area is 218 Å². The van der Waals surface area contributed by atoms with Crippen molar-refractivity contribution in [2.24, 2.45) is 0 Å². The lowest BCUT2D eigenvalue weighted by Crippen LogP contribution is -2.17. The number of carboxylic acids is 1. The molecule has 1 aromatic heterocycles. The molecule has 0 radical (unpaired) electrons. The Hall–Kier alpha value is -4.51. The molecule has 1 atom stereocenters. The summed E-state index contributed by atoms with van der Waals surface area (Å²) in [6, 6.07) is 20.4. The molecule has 1 heterocycles. The molecular weight excluding hydrogens is 493 g/mol. The van der Waals surface area contributed by atoms with E-state index in [-0.39, 0.29) is 6.04 Å². The summed E-state index contributed by atoms with van der Waals surface area (Å²) in [6.07, 6.45) is -3.24. The second-order valence-electron chi connectivity index (χ2n) is 8.96. The number of carbonyl (C=O) groups is 1. The molecule has 0 saturated heterocycles. The van der Waals surface area contributed by atoms with E-state index >= 15 is 0 Å². The van der Waals surface area contributed by atoms with Crippen molar-refractivity contribution in [3.8, 4) is 34.3 Å². The van der Waals surface area contributed by atoms with Gasteiger partial charge >= 0.3 is 12.1 Å². The second-order valence-corrected chi connectivity index (χ2v) is 8.96. The lowest BCUT2D eigenvalue weighted by molar-refractivity contribution is -0.137. The van der Waals surface area contributed by atoms with Gasteiger partial charge in [-0.15, -0.1) is 0 Å². The largest absolute Gasteiger partial charge is 0.472 e. The Morgan fingerprint density at radius 2 is 1.66 bits per heavy atom. The first kappa shape index (κ1) is 26.6. The molecule has 0 bridgehead atoms. The normalized spacial score (nSPS) is 11.9. The summed E-state index contributed by atoms with van der Waals surface area (Å²) < 4.78 is 44.6. The number of hydrogen-bond acceptors (Lipinski definition) is 4. The Bertz CT molecular complexity index is 1480. The summed E-state index contributed by atoms with van der Waals surface area (Å²) in [5.41, 5.74) is 4.78. The summed E-state index contributed by atoms with van der Waals surface area (Å²) in [7, 11) is 0. The molecule has 0 unspecified atom stereocenters. The van der Waals surface area contributed by atoms with Gasteiger partial charge in [-0.25, -0.2) is 4.79 Å². The van der Waals surface area contributed by atoms with Crippen LogP contribution in [-0.4, -0.2) is 22.3 Å². The van der Waals surface area contributed by atoms with Gasteiger partial charge in [-0.1, -0.05) is 65.7 Å². The molecule has 0 aliphatic carbocycles. The van der Waals surface area contributed by atoms with Crippen molar-refractivity contribution in [1.29, 1.82) is 0 Å². The van der Waals surface area contributed by atoms with Crippen molar-refractivity contribution < 1.29 is 27.6 Å². The smallest absolute Gasteiger partial charge is 0.416 e. The zero-order chi connectivity index (χ0) is 27.3. The molecule has 0 amide bonds. The zero-order valence-electron chi connectivity index (χ0n) is 20.8. The predicted octanol–water partition coefficient (Wildman–Crippen LogP) is 7.21. The van der Waals surface area contributed by atoms with Crippen LogP contribution < -0.4 is 5.32 Å². The lowest BCUT2D eigenvalue weighted by atomic mass is 10.0. The first-order valence-corrected chi connectivity index (χ1v) is 11.9. The highest BCUT2D eigenvalue weighted by Crippen LogP contribution is 2.34. The second kappa shape index (κ2) is 11.3. The van der Waals surface area contributed by atoms with Gasteiger partial charge in [0.2, 0.25) is 0 Å². The number of aryl methyl sites for hydroxylation is 2. The molecule has 0 spiro atoms. The minimum Gasteiger partial charge on any atom is -0.472 e. The monoisotopic (exact) mass is 518 g/mol. The van der Waals surface area contributed by atoms with Crippen LogP contribution in [0.2, 0.25) is 0 Å². The van der Waals surface area contributed by atoms with Crippen molar-refractivity contribution in [3.63, 3.8) is 0 Å². The average molecular weight is 519 g/mol. The number of nitrogens with one attached hydrogen (secondary N) is 1. The van der Waals surface area contributed by atoms with E-state index in [1.165, 1.54) is 12.1 Å². The fraction of sp³-hybridized carbons (Fsp3) is 0.200. The van der Waals surface area contributed by atoms with E-state index in [4.69, 9.17) is 9.63 Å². The zero-order valence-corrected chi connectivity index (χ0v) is 20.8. The molecule has 3 aromatic carbocycles. The van der Waals surface area contributed by atoms with Gasteiger partial charge in [-0.05, 0) is 61.6 Å². The molecular formula is C30H25F3N2O3. The SMILES string of the molecule is Cc1noc(-c2ccc(-c3ccc(C#CC(=O)O)cc3)cc2)c1N[C@@H](C)CCc1cccc(C(F)(F)F)c1. The van der Waals surface area contributed by atoms with Crippen molar-refractivity contribution in [3.05, 3.63) is 95.2 Å². The highest BCUT2D eigenvalue weighted by Gasteiger charge is 2.30. The van der Waals surface area contributed by atoms with E-state index < -0.39 is 17.7 Å². The van der Waals surface area contributed by atoms with Crippen LogP contribution in [0.3, 0.4) is 0 Å². The molecule has 4 rings (SSSR count). The number of halogens is 3. The van der Waals surface area contributed by atoms with E-state index in [1.54, 1.807) is 18.2 Å². The minimum atomic E-state index is -4.36. The maximum absolute atomic E-state index is 13.0. The van der Waals surface area contributed by atoms with E-state index in [2.05, 4.69) is 22.3 Å². The number of benzene rings is 3. The number of carboxylic acid groups (broad SMARTS) is 1. The summed E-state index contributed by atoms with van der Waals surface area (Å²) in [6.45, 7) is 3.80. The van der Waals surface area contributed by atoms with Crippen molar-refractivity contribution in [1.82, 2.24) is 5.16 Å². The standard InChI is InChI=1S/C30H25F3N2O3/c1-19(6-7-22-4-3-5-26(18-22)30(31,32)33)34-28-20(2)35-38-29(28)25-15-13-24(14-16-25)23-11-8-21(9-12-23)10-17-27(36)37/h3-5,8-9,11-16,18-19,34H,6-7H2,1-2H3,(H,36,37)/t19-/m0/s1. The van der Waals surface area contributed by atoms with Crippen LogP contribution in [0.25, 0.3) is 22.5 Å². The average Bonchev–Trinajstić information content (AvgIpc) is 3.26. The fourth-order valence-corrected chi connectivity index (χ4v) is 4.03. The molecule has 0 fully saturated rings. The van der Waals surface area contributed by atoms with Crippen molar-refractivity contribution in [2.45, 2.75) is 38.9 Å². The Morgan fingerprint density at radius 3 is 2.29 bits per heavy atom. The Kier molecular flexibility index (Phi) is 7.87. The van der Waals surface area contributed by atoms with Crippen molar-refractivity contribution >= 4 is 11.7 Å². The number of nitrogens with zero attached hydrogens (tertiary/aromatic N) is 1. The highest BCUT2D eigenvalue weighted by molar-refractivity contribution is 5.87. The van der Waals surface area contributed by atoms with Crippen LogP contribution in [0.4, 0.5) is 18.9 Å². The molecule has 0 aliphatic rings. The Morgan fingerprint density at radius 1 is 1.03 bits per heavy atom. The first-order chi connectivity index (χ1) is 18.1. The Balaban J connectivity index is 1.44. The number of aliphatic carboxylic acids is 1. The topological polar surface area (TPSA) is 75.4 Å². The molecule has 0 aliphatic heterocycles. The van der Waals surface area contributed by atoms with Gasteiger partial charge in [0.05, 0.1) is 5.56 Å². The third kappa shape index (κ3) is 6.62. The van der Waals surface area contributed by atoms with E-state index in [1.807, 2.05) is 50.2 Å². The van der Waals surface area contributed by atoms with Crippen LogP contribution in [0.1, 0.15) is 35.7 Å². The van der Waals surface area contributed by atoms with E-state index in [9.17, 15) is 18.0 Å². The lowest BCUT2D eigenvalue weighted by Gasteiger charge is -2.16. The maximum Gasteiger partial charge on any atom is 0.416 e. The van der Waals surface area contributed by atoms with Gasteiger partial charge < -0.3 is 14.9 Å². The number of hydrogen-bond donors (Lipinski definition) is 2. The van der Waals surface area contributed by atoms with Crippen molar-refractivity contribution in [2.75, 3.05) is 5.32 Å². The van der Waals surface area contributed by atoms with Gasteiger partial charge in [0, 0.05) is 23.1 Å². The molecule has 8 heteroatoms. The van der Waals surface area contributed by atoms with E-state index in [0.717, 1.165) is 28.4 Å². The number of alkyl halides is 3. The van der Waals surface area contributed by atoms with E-state index in [0.29, 0.717) is 35.4 Å². The van der Waals surface area contributed by atoms with Crippen LogP contribution in [0, 0.1) is 18.8 Å². The van der Waals surface area contributed by atoms with Crippen LogP contribution >= 0.6 is 0 Å². The number of rotatable bonds is 7. The molecule has 2 N–H and O–H groups in total. The summed E-state index contributed by atoms with van der Waals surface area (Å²) in [5, 5.41) is 16.2. The molecule has 38 heavy (non-hydrogen) atoms. The van der Waals surface area contributed by atoms with Gasteiger partial charge in [0.1, 0.15) is 11.4 Å². The first-order valence-electron chi connectivity index (χ1n) is 11.9. The van der Waals surface area contributed by atoms with Gasteiger partial charge in [0.15, 0.2) is 5.76 Å². The predicted molar refractivity (Wildman–Crippen MR) is 139 cm³/mol.